The molecule has 1 aliphatic carbocycles. The van der Waals surface area contributed by atoms with Crippen LogP contribution in [0.4, 0.5) is 10.5 Å². The summed E-state index contributed by atoms with van der Waals surface area (Å²) in [5.74, 6) is 0.511. The van der Waals surface area contributed by atoms with Gasteiger partial charge in [-0.3, -0.25) is 4.79 Å². The molecule has 2 aromatic rings. The second-order valence-corrected chi connectivity index (χ2v) is 6.83. The van der Waals surface area contributed by atoms with Gasteiger partial charge in [0, 0.05) is 23.8 Å². The third-order valence-corrected chi connectivity index (χ3v) is 5.25. The Balaban J connectivity index is 1.69. The van der Waals surface area contributed by atoms with Gasteiger partial charge in [0.2, 0.25) is 5.06 Å². The highest BCUT2D eigenvalue weighted by atomic mass is 32.1. The van der Waals surface area contributed by atoms with E-state index in [-0.39, 0.29) is 11.7 Å². The second kappa shape index (κ2) is 7.49. The number of carboxylic acid groups (broad SMARTS) is 1. The van der Waals surface area contributed by atoms with Gasteiger partial charge >= 0.3 is 6.16 Å². The molecular formula is C18H19NO4S. The number of nitrogens with one attached hydrogen (secondary N) is 1. The van der Waals surface area contributed by atoms with Gasteiger partial charge in [0.25, 0.3) is 0 Å². The molecule has 126 valence electrons. The molecule has 0 amide bonds. The first-order valence-electron chi connectivity index (χ1n) is 8.00. The van der Waals surface area contributed by atoms with E-state index in [0.29, 0.717) is 23.7 Å². The van der Waals surface area contributed by atoms with Crippen LogP contribution in [0.15, 0.2) is 36.4 Å². The van der Waals surface area contributed by atoms with Crippen LogP contribution in [0.2, 0.25) is 0 Å². The highest BCUT2D eigenvalue weighted by Gasteiger charge is 2.24. The summed E-state index contributed by atoms with van der Waals surface area (Å²) in [6, 6.07) is 11.6. The fourth-order valence-corrected chi connectivity index (χ4v) is 3.64. The van der Waals surface area contributed by atoms with E-state index in [9.17, 15) is 9.59 Å². The molecular weight excluding hydrogens is 326 g/mol. The molecule has 1 fully saturated rings. The Kier molecular flexibility index (Phi) is 5.15. The first kappa shape index (κ1) is 16.5. The largest absolute Gasteiger partial charge is 0.512 e. The van der Waals surface area contributed by atoms with Crippen LogP contribution >= 0.6 is 11.3 Å². The van der Waals surface area contributed by atoms with E-state index in [1.807, 2.05) is 36.4 Å². The Bertz CT molecular complexity index is 722. The van der Waals surface area contributed by atoms with Crippen molar-refractivity contribution in [2.24, 2.45) is 5.92 Å². The van der Waals surface area contributed by atoms with Crippen molar-refractivity contribution in [1.82, 2.24) is 0 Å². The number of thiophene rings is 1. The average Bonchev–Trinajstić information content (AvgIpc) is 2.89. The minimum atomic E-state index is -1.34. The number of anilines is 1. The summed E-state index contributed by atoms with van der Waals surface area (Å²) in [6.45, 7) is 0.482. The number of rotatable bonds is 7. The Morgan fingerprint density at radius 3 is 2.62 bits per heavy atom. The molecule has 0 atom stereocenters. The van der Waals surface area contributed by atoms with Crippen molar-refractivity contribution in [3.05, 3.63) is 36.4 Å². The van der Waals surface area contributed by atoms with Crippen LogP contribution in [-0.2, 0) is 4.79 Å². The molecule has 1 saturated carbocycles. The van der Waals surface area contributed by atoms with Crippen molar-refractivity contribution in [2.75, 3.05) is 11.9 Å². The number of Topliss-reactive ketones (excluding diaryl/α,β-unsaturated/α-hetero) is 1. The number of hydrogen-bond acceptors (Lipinski definition) is 5. The zero-order valence-electron chi connectivity index (χ0n) is 13.2. The van der Waals surface area contributed by atoms with Crippen LogP contribution in [0, 0.1) is 5.92 Å². The molecule has 2 N–H and O–H groups in total. The quantitative estimate of drug-likeness (QED) is 0.715. The van der Waals surface area contributed by atoms with Crippen LogP contribution in [0.1, 0.15) is 25.7 Å². The lowest BCUT2D eigenvalue weighted by Gasteiger charge is -2.23. The first-order chi connectivity index (χ1) is 11.6. The Morgan fingerprint density at radius 1 is 1.25 bits per heavy atom. The number of hydrogen-bond donors (Lipinski definition) is 2. The third kappa shape index (κ3) is 3.94. The number of ether oxygens (including phenoxy) is 1. The molecule has 1 aliphatic rings. The number of carbonyl (C=O) groups is 2. The predicted molar refractivity (Wildman–Crippen MR) is 93.9 cm³/mol. The fourth-order valence-electron chi connectivity index (χ4n) is 2.65. The van der Waals surface area contributed by atoms with Gasteiger partial charge in [-0.25, -0.2) is 4.79 Å². The van der Waals surface area contributed by atoms with Crippen molar-refractivity contribution >= 4 is 29.0 Å². The van der Waals surface area contributed by atoms with Crippen molar-refractivity contribution in [3.8, 4) is 15.5 Å². The van der Waals surface area contributed by atoms with Crippen molar-refractivity contribution in [1.29, 1.82) is 0 Å². The lowest BCUT2D eigenvalue weighted by atomic mass is 9.81. The Labute approximate surface area is 144 Å². The summed E-state index contributed by atoms with van der Waals surface area (Å²) in [7, 11) is 0. The molecule has 6 heteroatoms. The molecule has 0 aliphatic heterocycles. The zero-order valence-corrected chi connectivity index (χ0v) is 14.0. The molecule has 0 saturated heterocycles. The standard InChI is InChI=1S/C18H19NO4S/c20-15(12-7-4-8-12)9-10-19-14-11-16(13-5-2-1-3-6-13)24-17(14)23-18(21)22/h1-3,5-6,11-12,19H,4,7-10H2,(H,21,22). The molecule has 0 unspecified atom stereocenters. The summed E-state index contributed by atoms with van der Waals surface area (Å²) in [4.78, 5) is 23.7. The number of benzene rings is 1. The molecule has 3 rings (SSSR count). The van der Waals surface area contributed by atoms with E-state index in [2.05, 4.69) is 5.32 Å². The van der Waals surface area contributed by atoms with Crippen molar-refractivity contribution < 1.29 is 19.4 Å². The molecule has 5 nitrogen and oxygen atoms in total. The van der Waals surface area contributed by atoms with Crippen LogP contribution in [0.3, 0.4) is 0 Å². The van der Waals surface area contributed by atoms with Crippen molar-refractivity contribution in [3.63, 3.8) is 0 Å². The second-order valence-electron chi connectivity index (χ2n) is 5.82. The summed E-state index contributed by atoms with van der Waals surface area (Å²) in [5, 5.41) is 12.3. The van der Waals surface area contributed by atoms with E-state index in [0.717, 1.165) is 29.7 Å². The molecule has 0 radical (unpaired) electrons. The van der Waals surface area contributed by atoms with Gasteiger partial charge in [0.1, 0.15) is 5.78 Å². The van der Waals surface area contributed by atoms with Crippen LogP contribution < -0.4 is 10.1 Å². The van der Waals surface area contributed by atoms with E-state index in [1.165, 1.54) is 11.3 Å². The lowest BCUT2D eigenvalue weighted by molar-refractivity contribution is -0.124. The monoisotopic (exact) mass is 345 g/mol. The van der Waals surface area contributed by atoms with Crippen molar-refractivity contribution in [2.45, 2.75) is 25.7 Å². The fraction of sp³-hybridized carbons (Fsp3) is 0.333. The van der Waals surface area contributed by atoms with Crippen LogP contribution in [0.25, 0.3) is 10.4 Å². The SMILES string of the molecule is O=C(O)Oc1sc(-c2ccccc2)cc1NCCC(=O)C1CCC1. The maximum Gasteiger partial charge on any atom is 0.512 e. The van der Waals surface area contributed by atoms with Gasteiger partial charge in [-0.1, -0.05) is 48.1 Å². The summed E-state index contributed by atoms with van der Waals surface area (Å²) in [5.41, 5.74) is 1.61. The van der Waals surface area contributed by atoms with Crippen LogP contribution in [-0.4, -0.2) is 23.6 Å². The number of carbonyl (C=O) groups excluding carboxylic acids is 1. The van der Waals surface area contributed by atoms with E-state index in [4.69, 9.17) is 9.84 Å². The predicted octanol–water partition coefficient (Wildman–Crippen LogP) is 4.64. The molecule has 1 aromatic carbocycles. The maximum atomic E-state index is 11.9. The van der Waals surface area contributed by atoms with E-state index < -0.39 is 6.16 Å². The van der Waals surface area contributed by atoms with Gasteiger partial charge in [0.15, 0.2) is 0 Å². The summed E-state index contributed by atoms with van der Waals surface area (Å²) < 4.78 is 4.87. The van der Waals surface area contributed by atoms with E-state index in [1.54, 1.807) is 0 Å². The van der Waals surface area contributed by atoms with Gasteiger partial charge in [-0.2, -0.15) is 0 Å². The molecule has 1 aromatic heterocycles. The van der Waals surface area contributed by atoms with Gasteiger partial charge < -0.3 is 15.2 Å². The third-order valence-electron chi connectivity index (χ3n) is 4.18. The highest BCUT2D eigenvalue weighted by Crippen LogP contribution is 2.41. The topological polar surface area (TPSA) is 75.6 Å². The summed E-state index contributed by atoms with van der Waals surface area (Å²) >= 11 is 1.27. The highest BCUT2D eigenvalue weighted by molar-refractivity contribution is 7.18. The lowest BCUT2D eigenvalue weighted by Crippen LogP contribution is -2.23. The summed E-state index contributed by atoms with van der Waals surface area (Å²) in [6.07, 6.45) is 2.26. The molecule has 24 heavy (non-hydrogen) atoms. The smallest absolute Gasteiger partial charge is 0.449 e. The van der Waals surface area contributed by atoms with Gasteiger partial charge in [-0.05, 0) is 24.5 Å². The van der Waals surface area contributed by atoms with E-state index >= 15 is 0 Å². The minimum absolute atomic E-state index is 0.226. The first-order valence-corrected chi connectivity index (χ1v) is 8.82. The zero-order chi connectivity index (χ0) is 16.9. The van der Waals surface area contributed by atoms with Gasteiger partial charge in [0.05, 0.1) is 5.69 Å². The molecule has 1 heterocycles. The van der Waals surface area contributed by atoms with Crippen LogP contribution in [0.5, 0.6) is 5.06 Å². The number of ketones is 1. The minimum Gasteiger partial charge on any atom is -0.449 e. The van der Waals surface area contributed by atoms with Gasteiger partial charge in [-0.15, -0.1) is 0 Å². The normalized spacial score (nSPS) is 14.0. The molecule has 0 spiro atoms. The Hall–Kier alpha value is -2.34. The maximum absolute atomic E-state index is 11.9. The average molecular weight is 345 g/mol. The Morgan fingerprint density at radius 2 is 2.00 bits per heavy atom. The molecule has 0 bridgehead atoms.